The van der Waals surface area contributed by atoms with Gasteiger partial charge in [0.2, 0.25) is 0 Å². The summed E-state index contributed by atoms with van der Waals surface area (Å²) in [6.45, 7) is 9.30. The van der Waals surface area contributed by atoms with Crippen molar-refractivity contribution in [2.75, 3.05) is 0 Å². The summed E-state index contributed by atoms with van der Waals surface area (Å²) in [5.41, 5.74) is 1.09. The molecule has 0 aromatic heterocycles. The second-order valence-corrected chi connectivity index (χ2v) is 12.0. The van der Waals surface area contributed by atoms with Gasteiger partial charge in [0.15, 0.2) is 0 Å². The maximum atomic E-state index is 12.2. The van der Waals surface area contributed by atoms with Crippen molar-refractivity contribution in [1.82, 2.24) is 0 Å². The van der Waals surface area contributed by atoms with Gasteiger partial charge in [0.1, 0.15) is 0 Å². The van der Waals surface area contributed by atoms with Crippen molar-refractivity contribution in [3.05, 3.63) is 42.0 Å². The van der Waals surface area contributed by atoms with Gasteiger partial charge >= 0.3 is 118 Å². The van der Waals surface area contributed by atoms with Gasteiger partial charge in [0, 0.05) is 0 Å². The minimum absolute atomic E-state index is 0.329. The molecule has 0 fully saturated rings. The predicted molar refractivity (Wildman–Crippen MR) is 79.3 cm³/mol. The van der Waals surface area contributed by atoms with Gasteiger partial charge in [-0.25, -0.2) is 0 Å². The van der Waals surface area contributed by atoms with Gasteiger partial charge in [-0.3, -0.25) is 0 Å². The first-order chi connectivity index (χ1) is 8.99. The number of ether oxygens (including phenoxy) is 1. The third-order valence-corrected chi connectivity index (χ3v) is 9.45. The number of benzene rings is 1. The molecule has 0 unspecified atom stereocenters. The van der Waals surface area contributed by atoms with Gasteiger partial charge < -0.3 is 0 Å². The number of hydrogen-bond acceptors (Lipinski definition) is 3. The van der Waals surface area contributed by atoms with E-state index in [-0.39, 0.29) is 0 Å². The summed E-state index contributed by atoms with van der Waals surface area (Å²) in [6, 6.07) is 6.82. The van der Waals surface area contributed by atoms with Crippen LogP contribution in [0.2, 0.25) is 10.5 Å². The van der Waals surface area contributed by atoms with E-state index in [1.54, 1.807) is 31.2 Å². The van der Waals surface area contributed by atoms with Crippen LogP contribution < -0.4 is 4.74 Å². The Morgan fingerprint density at radius 2 is 1.68 bits per heavy atom. The Balaban J connectivity index is 2.79. The summed E-state index contributed by atoms with van der Waals surface area (Å²) in [4.78, 5) is 23.6. The third-order valence-electron chi connectivity index (χ3n) is 3.05. The third kappa shape index (κ3) is 4.35. The van der Waals surface area contributed by atoms with E-state index >= 15 is 0 Å². The summed E-state index contributed by atoms with van der Waals surface area (Å²) < 4.78 is 5.42. The minimum atomic E-state index is -1.82. The van der Waals surface area contributed by atoms with Crippen molar-refractivity contribution >= 4 is 24.9 Å². The number of carbonyl (C=O) groups excluding carboxylic acids is 2. The molecule has 102 valence electrons. The van der Waals surface area contributed by atoms with Crippen molar-refractivity contribution in [3.8, 4) is 5.75 Å². The van der Waals surface area contributed by atoms with Crippen LogP contribution in [-0.2, 0) is 4.79 Å². The first kappa shape index (κ1) is 15.7. The summed E-state index contributed by atoms with van der Waals surface area (Å²) in [6.07, 6.45) is 0. The summed E-state index contributed by atoms with van der Waals surface area (Å²) in [5, 5.41) is 2.05. The zero-order valence-corrected chi connectivity index (χ0v) is 14.2. The van der Waals surface area contributed by atoms with Crippen molar-refractivity contribution in [3.63, 3.8) is 0 Å². The molecule has 0 heterocycles. The van der Waals surface area contributed by atoms with Crippen LogP contribution in [0.3, 0.4) is 0 Å². The average Bonchev–Trinajstić information content (AvgIpc) is 2.40. The molecule has 3 nitrogen and oxygen atoms in total. The number of rotatable bonds is 6. The Hall–Kier alpha value is -1.36. The van der Waals surface area contributed by atoms with E-state index in [2.05, 4.69) is 20.4 Å². The average molecular weight is 321 g/mol. The van der Waals surface area contributed by atoms with Crippen molar-refractivity contribution in [2.45, 2.75) is 31.3 Å². The zero-order valence-electron chi connectivity index (χ0n) is 11.7. The Morgan fingerprint density at radius 1 is 1.16 bits per heavy atom. The predicted octanol–water partition coefficient (Wildman–Crippen LogP) is 3.16. The van der Waals surface area contributed by atoms with Crippen LogP contribution in [0.1, 0.15) is 31.1 Å². The van der Waals surface area contributed by atoms with Crippen molar-refractivity contribution in [2.24, 2.45) is 0 Å². The second-order valence-electron chi connectivity index (χ2n) is 4.57. The molecule has 0 spiro atoms. The van der Waals surface area contributed by atoms with E-state index in [1.165, 1.54) is 0 Å². The number of esters is 1. The van der Waals surface area contributed by atoms with Crippen LogP contribution in [-0.4, -0.2) is 24.9 Å². The van der Waals surface area contributed by atoms with Gasteiger partial charge in [-0.15, -0.1) is 0 Å². The molecule has 19 heavy (non-hydrogen) atoms. The monoisotopic (exact) mass is 322 g/mol. The molecule has 0 aliphatic carbocycles. The van der Waals surface area contributed by atoms with E-state index in [1.807, 2.05) is 0 Å². The van der Waals surface area contributed by atoms with Crippen LogP contribution >= 0.6 is 0 Å². The van der Waals surface area contributed by atoms with Gasteiger partial charge in [0.25, 0.3) is 0 Å². The Labute approximate surface area is 118 Å². The number of hydrogen-bond donors (Lipinski definition) is 0. The Kier molecular flexibility index (Phi) is 6.02. The molecule has 1 aromatic carbocycles. The molecule has 0 saturated heterocycles. The molecule has 1 aromatic rings. The zero-order chi connectivity index (χ0) is 14.4. The van der Waals surface area contributed by atoms with Crippen LogP contribution in [0.15, 0.2) is 36.4 Å². The molecule has 0 aliphatic rings. The fourth-order valence-electron chi connectivity index (χ4n) is 1.78. The van der Waals surface area contributed by atoms with E-state index in [0.29, 0.717) is 15.9 Å². The van der Waals surface area contributed by atoms with Gasteiger partial charge in [-0.1, -0.05) is 0 Å². The molecule has 1 rings (SSSR count). The van der Waals surface area contributed by atoms with Gasteiger partial charge in [-0.2, -0.15) is 0 Å². The van der Waals surface area contributed by atoms with Gasteiger partial charge in [-0.05, 0) is 0 Å². The van der Waals surface area contributed by atoms with Gasteiger partial charge in [0.05, 0.1) is 0 Å². The van der Waals surface area contributed by atoms with E-state index in [9.17, 15) is 9.59 Å². The molecule has 4 heteroatoms. The molecule has 0 atom stereocenters. The fraction of sp³-hybridized carbons (Fsp3) is 0.333. The molecule has 0 N–H and O–H groups in total. The number of carbonyl (C=O) groups is 2. The van der Waals surface area contributed by atoms with Crippen LogP contribution in [0, 0.1) is 0 Å². The standard InChI is InChI=1S/C15H20GeO3/c1-5-16(6-2)14(17)12-7-9-13(10-8-12)19-15(18)11(3)4/h7-10,16H,3,5-6H2,1-2,4H3. The topological polar surface area (TPSA) is 43.4 Å². The quantitative estimate of drug-likeness (QED) is 0.350. The maximum absolute atomic E-state index is 12.2. The molecule has 0 radical (unpaired) electrons. The Morgan fingerprint density at radius 3 is 2.11 bits per heavy atom. The summed E-state index contributed by atoms with van der Waals surface area (Å²) in [5.74, 6) is -0.00155. The van der Waals surface area contributed by atoms with E-state index < -0.39 is 20.3 Å². The molecular formula is C15H20GeO3. The molecular weight excluding hydrogens is 301 g/mol. The van der Waals surface area contributed by atoms with Crippen molar-refractivity contribution < 1.29 is 14.3 Å². The molecule has 0 aliphatic heterocycles. The fourth-order valence-corrected chi connectivity index (χ4v) is 5.94. The SMILES string of the molecule is C=C(C)C(=O)Oc1ccc([C](=O)[GeH]([CH2]C)[CH2]C)cc1. The first-order valence-electron chi connectivity index (χ1n) is 6.51. The van der Waals surface area contributed by atoms with Crippen LogP contribution in [0.4, 0.5) is 0 Å². The van der Waals surface area contributed by atoms with E-state index in [4.69, 9.17) is 4.74 Å². The van der Waals surface area contributed by atoms with Crippen LogP contribution in [0.25, 0.3) is 0 Å². The van der Waals surface area contributed by atoms with Crippen molar-refractivity contribution in [1.29, 1.82) is 0 Å². The second kappa shape index (κ2) is 7.29. The van der Waals surface area contributed by atoms with Crippen LogP contribution in [0.5, 0.6) is 5.75 Å². The summed E-state index contributed by atoms with van der Waals surface area (Å²) >= 11 is -1.82. The Bertz CT molecular complexity index is 473. The van der Waals surface area contributed by atoms with E-state index in [0.717, 1.165) is 16.1 Å². The normalized spacial score (nSPS) is 10.3. The first-order valence-corrected chi connectivity index (χ1v) is 11.1. The molecule has 0 amide bonds. The molecule has 0 bridgehead atoms. The molecule has 0 saturated carbocycles. The summed E-state index contributed by atoms with van der Waals surface area (Å²) in [7, 11) is 0.